The molecule has 0 spiro atoms. The average molecular weight is 427 g/mol. The number of Topliss-reactive ketones (excluding diaryl/α,β-unsaturated/α-hetero) is 3. The van der Waals surface area contributed by atoms with Crippen LogP contribution in [0.3, 0.4) is 0 Å². The summed E-state index contributed by atoms with van der Waals surface area (Å²) in [6.07, 6.45) is 9.02. The largest absolute Gasteiger partial charge is 0.542 e. The quantitative estimate of drug-likeness (QED) is 0.697. The Kier molecular flexibility index (Phi) is 18.5. The zero-order valence-electron chi connectivity index (χ0n) is 15.7. The predicted octanol–water partition coefficient (Wildman–Crippen LogP) is 2.93. The van der Waals surface area contributed by atoms with E-state index in [1.807, 2.05) is 20.1 Å². The summed E-state index contributed by atoms with van der Waals surface area (Å²) >= 11 is 0. The smallest absolute Gasteiger partial charge is 0.135 e. The second-order valence-corrected chi connectivity index (χ2v) is 6.37. The average Bonchev–Trinajstić information content (AvgIpc) is 2.58. The minimum Gasteiger partial charge on any atom is -0.542 e. The molecule has 0 aromatic carbocycles. The van der Waals surface area contributed by atoms with Crippen LogP contribution in [0, 0.1) is 11.8 Å². The Hall–Kier alpha value is -0.256. The Labute approximate surface area is 177 Å². The van der Waals surface area contributed by atoms with Gasteiger partial charge in [0, 0.05) is 70.7 Å². The number of hydrogen-bond acceptors (Lipinski definition) is 5. The van der Waals surface area contributed by atoms with Crippen molar-refractivity contribution in [2.75, 3.05) is 6.54 Å². The molecule has 0 unspecified atom stereocenters. The standard InChI is InChI=1S/C10H16O2.C7H9O2.C2H7N.Y/c1-2-3-10(12)8-4-6-9(11)7-5-8;8-5-6-1-3-7(9)4-2-6;1-2-3;/h8H,2-7H2,1H3;6H,1-4H2;2-3H2,1H3;/q;-1;;. The molecule has 2 N–H and O–H groups in total. The second-order valence-electron chi connectivity index (χ2n) is 6.37. The van der Waals surface area contributed by atoms with Gasteiger partial charge in [-0.1, -0.05) is 26.7 Å². The van der Waals surface area contributed by atoms with E-state index in [1.54, 1.807) is 0 Å². The first-order valence-electron chi connectivity index (χ1n) is 9.12. The SMILES string of the molecule is CCCC(=O)C1CCC(=O)CC1.CCN.O=[C-]C1CCC(=O)CC1.[Y]. The molecule has 6 heteroatoms. The Balaban J connectivity index is 0. The van der Waals surface area contributed by atoms with Crippen molar-refractivity contribution in [1.82, 2.24) is 0 Å². The molecular weight excluding hydrogens is 395 g/mol. The minimum atomic E-state index is 0. The molecule has 0 bridgehead atoms. The molecule has 2 rings (SSSR count). The molecule has 2 aliphatic carbocycles. The minimum absolute atomic E-state index is 0. The fourth-order valence-electron chi connectivity index (χ4n) is 2.77. The Morgan fingerprint density at radius 2 is 1.40 bits per heavy atom. The summed E-state index contributed by atoms with van der Waals surface area (Å²) in [5, 5.41) is 0. The summed E-state index contributed by atoms with van der Waals surface area (Å²) in [6.45, 7) is 4.67. The first-order valence-corrected chi connectivity index (χ1v) is 9.12. The van der Waals surface area contributed by atoms with Crippen molar-refractivity contribution in [3.05, 3.63) is 0 Å². The third kappa shape index (κ3) is 13.6. The van der Waals surface area contributed by atoms with Gasteiger partial charge < -0.3 is 10.5 Å². The van der Waals surface area contributed by atoms with E-state index in [-0.39, 0.29) is 44.5 Å². The van der Waals surface area contributed by atoms with Crippen LogP contribution in [-0.2, 0) is 51.9 Å². The predicted molar refractivity (Wildman–Crippen MR) is 94.3 cm³/mol. The summed E-state index contributed by atoms with van der Waals surface area (Å²) in [6, 6.07) is 0. The fourth-order valence-corrected chi connectivity index (χ4v) is 2.77. The summed E-state index contributed by atoms with van der Waals surface area (Å²) < 4.78 is 0. The topological polar surface area (TPSA) is 94.3 Å². The Bertz CT molecular complexity index is 392. The molecule has 2 saturated carbocycles. The molecule has 0 heterocycles. The maximum Gasteiger partial charge on any atom is 0.135 e. The van der Waals surface area contributed by atoms with Crippen LogP contribution >= 0.6 is 0 Å². The van der Waals surface area contributed by atoms with Gasteiger partial charge in [0.25, 0.3) is 0 Å². The maximum absolute atomic E-state index is 11.4. The first-order chi connectivity index (χ1) is 11.5. The van der Waals surface area contributed by atoms with Crippen molar-refractivity contribution in [3.63, 3.8) is 0 Å². The van der Waals surface area contributed by atoms with Gasteiger partial charge >= 0.3 is 0 Å². The molecule has 141 valence electrons. The summed E-state index contributed by atoms with van der Waals surface area (Å²) in [7, 11) is 0. The molecule has 5 nitrogen and oxygen atoms in total. The van der Waals surface area contributed by atoms with Crippen molar-refractivity contribution in [3.8, 4) is 0 Å². The first kappa shape index (κ1) is 27.0. The summed E-state index contributed by atoms with van der Waals surface area (Å²) in [4.78, 5) is 42.9. The van der Waals surface area contributed by atoms with Crippen LogP contribution in [0.5, 0.6) is 0 Å². The zero-order valence-corrected chi connectivity index (χ0v) is 18.6. The van der Waals surface area contributed by atoms with Crippen LogP contribution in [0.4, 0.5) is 0 Å². The third-order valence-electron chi connectivity index (χ3n) is 4.20. The van der Waals surface area contributed by atoms with Crippen LogP contribution in [0.25, 0.3) is 0 Å². The van der Waals surface area contributed by atoms with E-state index in [1.165, 1.54) is 0 Å². The summed E-state index contributed by atoms with van der Waals surface area (Å²) in [5.41, 5.74) is 4.85. The maximum atomic E-state index is 11.4. The van der Waals surface area contributed by atoms with Gasteiger partial charge in [-0.25, -0.2) is 0 Å². The van der Waals surface area contributed by atoms with Gasteiger partial charge in [-0.05, 0) is 25.8 Å². The van der Waals surface area contributed by atoms with E-state index >= 15 is 0 Å². The molecule has 2 fully saturated rings. The monoisotopic (exact) mass is 427 g/mol. The van der Waals surface area contributed by atoms with E-state index in [2.05, 4.69) is 0 Å². The van der Waals surface area contributed by atoms with Gasteiger partial charge in [-0.15, -0.1) is 5.92 Å². The molecule has 1 radical (unpaired) electrons. The number of ketones is 3. The van der Waals surface area contributed by atoms with Gasteiger partial charge in [-0.2, -0.15) is 0 Å². The normalized spacial score (nSPS) is 18.0. The Morgan fingerprint density at radius 1 is 1.00 bits per heavy atom. The van der Waals surface area contributed by atoms with Crippen molar-refractivity contribution >= 4 is 23.6 Å². The van der Waals surface area contributed by atoms with Crippen molar-refractivity contribution in [2.45, 2.75) is 78.1 Å². The van der Waals surface area contributed by atoms with Gasteiger partial charge in [-0.3, -0.25) is 20.7 Å². The fraction of sp³-hybridized carbons (Fsp3) is 0.789. The van der Waals surface area contributed by atoms with E-state index in [4.69, 9.17) is 5.73 Å². The van der Waals surface area contributed by atoms with E-state index in [0.717, 1.165) is 38.6 Å². The van der Waals surface area contributed by atoms with Gasteiger partial charge in [0.15, 0.2) is 0 Å². The third-order valence-corrected chi connectivity index (χ3v) is 4.20. The molecule has 0 aromatic heterocycles. The van der Waals surface area contributed by atoms with Crippen molar-refractivity contribution in [1.29, 1.82) is 0 Å². The number of carbonyl (C=O) groups excluding carboxylic acids is 4. The van der Waals surface area contributed by atoms with Crippen LogP contribution in [0.1, 0.15) is 78.1 Å². The molecular formula is C19H32NO4Y-. The van der Waals surface area contributed by atoms with Gasteiger partial charge in [0.05, 0.1) is 0 Å². The van der Waals surface area contributed by atoms with Gasteiger partial charge in [0.2, 0.25) is 0 Å². The van der Waals surface area contributed by atoms with Crippen LogP contribution < -0.4 is 5.73 Å². The van der Waals surface area contributed by atoms with Gasteiger partial charge in [0.1, 0.15) is 17.3 Å². The number of carbonyl (C=O) groups is 3. The molecule has 0 amide bonds. The number of hydrogen-bond donors (Lipinski definition) is 1. The Morgan fingerprint density at radius 3 is 1.76 bits per heavy atom. The molecule has 2 aliphatic rings. The van der Waals surface area contributed by atoms with Crippen LogP contribution in [0.2, 0.25) is 0 Å². The number of nitrogens with two attached hydrogens (primary N) is 1. The molecule has 25 heavy (non-hydrogen) atoms. The summed E-state index contributed by atoms with van der Waals surface area (Å²) in [5.74, 6) is 1.23. The molecule has 0 aromatic rings. The molecule has 0 saturated heterocycles. The molecule has 0 atom stereocenters. The van der Waals surface area contributed by atoms with E-state index in [9.17, 15) is 19.2 Å². The number of rotatable bonds is 4. The van der Waals surface area contributed by atoms with Crippen molar-refractivity contribution < 1.29 is 51.9 Å². The van der Waals surface area contributed by atoms with E-state index in [0.29, 0.717) is 49.5 Å². The van der Waals surface area contributed by atoms with Crippen LogP contribution in [-0.4, -0.2) is 30.2 Å². The van der Waals surface area contributed by atoms with Crippen molar-refractivity contribution in [2.24, 2.45) is 17.6 Å². The van der Waals surface area contributed by atoms with Crippen LogP contribution in [0.15, 0.2) is 0 Å². The van der Waals surface area contributed by atoms with E-state index < -0.39 is 0 Å². The molecule has 0 aliphatic heterocycles. The second kappa shape index (κ2) is 17.2. The zero-order chi connectivity index (χ0) is 18.4.